The topological polar surface area (TPSA) is 35.2 Å². The van der Waals surface area contributed by atoms with Crippen molar-refractivity contribution in [1.82, 2.24) is 0 Å². The molecule has 0 bridgehead atoms. The Balaban J connectivity index is 2.46. The highest BCUT2D eigenvalue weighted by Crippen LogP contribution is 2.36. The molecular formula is C14H12BrClFNO. The molecule has 100 valence electrons. The van der Waals surface area contributed by atoms with E-state index in [1.807, 2.05) is 0 Å². The summed E-state index contributed by atoms with van der Waals surface area (Å²) in [5.74, 6) is 0.0198. The summed E-state index contributed by atoms with van der Waals surface area (Å²) in [6.45, 7) is 1.77. The molecule has 19 heavy (non-hydrogen) atoms. The van der Waals surface area contributed by atoms with Gasteiger partial charge in [0, 0.05) is 16.1 Å². The van der Waals surface area contributed by atoms with Gasteiger partial charge in [-0.15, -0.1) is 0 Å². The number of rotatable bonds is 3. The minimum absolute atomic E-state index is 0.109. The van der Waals surface area contributed by atoms with E-state index in [4.69, 9.17) is 22.1 Å². The molecule has 0 radical (unpaired) electrons. The Morgan fingerprint density at radius 1 is 1.32 bits per heavy atom. The first-order chi connectivity index (χ1) is 8.99. The van der Waals surface area contributed by atoms with Crippen LogP contribution in [0.3, 0.4) is 0 Å². The molecule has 2 rings (SSSR count). The molecule has 2 nitrogen and oxygen atoms in total. The molecule has 0 aliphatic carbocycles. The highest BCUT2D eigenvalue weighted by atomic mass is 79.9. The van der Waals surface area contributed by atoms with Crippen LogP contribution in [0, 0.1) is 5.82 Å². The van der Waals surface area contributed by atoms with Crippen molar-refractivity contribution in [1.29, 1.82) is 0 Å². The minimum atomic E-state index is -0.467. The van der Waals surface area contributed by atoms with Gasteiger partial charge in [0.1, 0.15) is 5.75 Å². The van der Waals surface area contributed by atoms with Gasteiger partial charge in [0.15, 0.2) is 11.6 Å². The zero-order valence-corrected chi connectivity index (χ0v) is 12.5. The van der Waals surface area contributed by atoms with Crippen LogP contribution in [0.2, 0.25) is 5.02 Å². The molecule has 0 saturated heterocycles. The third-order valence-electron chi connectivity index (χ3n) is 2.59. The molecule has 0 aliphatic rings. The fraction of sp³-hybridized carbons (Fsp3) is 0.143. The third-order valence-corrected chi connectivity index (χ3v) is 3.40. The SMILES string of the molecule is C[C@@H](N)c1cccc(F)c1Oc1cc(Br)ccc1Cl. The molecule has 5 heteroatoms. The van der Waals surface area contributed by atoms with Crippen LogP contribution < -0.4 is 10.5 Å². The number of hydrogen-bond donors (Lipinski definition) is 1. The van der Waals surface area contributed by atoms with Crippen LogP contribution in [0.4, 0.5) is 4.39 Å². The number of benzene rings is 2. The zero-order chi connectivity index (χ0) is 14.0. The smallest absolute Gasteiger partial charge is 0.167 e. The predicted octanol–water partition coefficient (Wildman–Crippen LogP) is 5.05. The van der Waals surface area contributed by atoms with Gasteiger partial charge < -0.3 is 10.5 Å². The molecule has 0 aromatic heterocycles. The highest BCUT2D eigenvalue weighted by Gasteiger charge is 2.15. The van der Waals surface area contributed by atoms with Crippen molar-refractivity contribution in [2.75, 3.05) is 0 Å². The Kier molecular flexibility index (Phi) is 4.45. The second-order valence-electron chi connectivity index (χ2n) is 4.12. The van der Waals surface area contributed by atoms with Gasteiger partial charge in [-0.3, -0.25) is 0 Å². The number of halogens is 3. The van der Waals surface area contributed by atoms with E-state index < -0.39 is 5.82 Å². The lowest BCUT2D eigenvalue weighted by Crippen LogP contribution is -2.07. The second-order valence-corrected chi connectivity index (χ2v) is 5.45. The Labute approximate surface area is 124 Å². The molecule has 2 aromatic rings. The highest BCUT2D eigenvalue weighted by molar-refractivity contribution is 9.10. The van der Waals surface area contributed by atoms with Crippen LogP contribution in [0.15, 0.2) is 40.9 Å². The second kappa shape index (κ2) is 5.90. The number of nitrogens with two attached hydrogens (primary N) is 1. The van der Waals surface area contributed by atoms with Crippen LogP contribution in [0.5, 0.6) is 11.5 Å². The molecule has 0 unspecified atom stereocenters. The van der Waals surface area contributed by atoms with Gasteiger partial charge in [0.2, 0.25) is 0 Å². The lowest BCUT2D eigenvalue weighted by molar-refractivity contribution is 0.432. The van der Waals surface area contributed by atoms with Gasteiger partial charge >= 0.3 is 0 Å². The first-order valence-electron chi connectivity index (χ1n) is 5.66. The third kappa shape index (κ3) is 3.26. The molecular weight excluding hydrogens is 333 g/mol. The number of para-hydroxylation sites is 1. The quantitative estimate of drug-likeness (QED) is 0.845. The van der Waals surface area contributed by atoms with Crippen LogP contribution >= 0.6 is 27.5 Å². The average molecular weight is 345 g/mol. The molecule has 0 saturated carbocycles. The van der Waals surface area contributed by atoms with Gasteiger partial charge in [-0.2, -0.15) is 0 Å². The van der Waals surface area contributed by atoms with Crippen LogP contribution in [0.25, 0.3) is 0 Å². The molecule has 0 heterocycles. The van der Waals surface area contributed by atoms with E-state index in [0.717, 1.165) is 4.47 Å². The van der Waals surface area contributed by atoms with Gasteiger partial charge in [0.05, 0.1) is 5.02 Å². The Morgan fingerprint density at radius 3 is 2.74 bits per heavy atom. The molecule has 0 spiro atoms. The van der Waals surface area contributed by atoms with Gasteiger partial charge in [-0.25, -0.2) is 4.39 Å². The fourth-order valence-electron chi connectivity index (χ4n) is 1.66. The summed E-state index contributed by atoms with van der Waals surface area (Å²) in [7, 11) is 0. The Morgan fingerprint density at radius 2 is 2.05 bits per heavy atom. The standard InChI is InChI=1S/C14H12BrClFNO/c1-8(18)10-3-2-4-12(17)14(10)19-13-7-9(15)5-6-11(13)16/h2-8H,18H2,1H3/t8-/m1/s1. The van der Waals surface area contributed by atoms with Gasteiger partial charge in [-0.05, 0) is 31.2 Å². The Bertz CT molecular complexity index is 604. The maximum atomic E-state index is 13.9. The summed E-state index contributed by atoms with van der Waals surface area (Å²) in [4.78, 5) is 0. The van der Waals surface area contributed by atoms with Crippen molar-refractivity contribution in [3.63, 3.8) is 0 Å². The van der Waals surface area contributed by atoms with Gasteiger partial charge in [0.25, 0.3) is 0 Å². The van der Waals surface area contributed by atoms with Crippen molar-refractivity contribution < 1.29 is 9.13 Å². The zero-order valence-electron chi connectivity index (χ0n) is 10.2. The van der Waals surface area contributed by atoms with Crippen LogP contribution in [0.1, 0.15) is 18.5 Å². The van der Waals surface area contributed by atoms with Crippen molar-refractivity contribution >= 4 is 27.5 Å². The van der Waals surface area contributed by atoms with E-state index in [1.165, 1.54) is 6.07 Å². The maximum Gasteiger partial charge on any atom is 0.167 e. The molecule has 2 aromatic carbocycles. The van der Waals surface area contributed by atoms with E-state index in [0.29, 0.717) is 16.3 Å². The number of hydrogen-bond acceptors (Lipinski definition) is 2. The predicted molar refractivity (Wildman–Crippen MR) is 78.2 cm³/mol. The monoisotopic (exact) mass is 343 g/mol. The lowest BCUT2D eigenvalue weighted by Gasteiger charge is -2.15. The van der Waals surface area contributed by atoms with Gasteiger partial charge in [-0.1, -0.05) is 39.7 Å². The lowest BCUT2D eigenvalue weighted by atomic mass is 10.1. The average Bonchev–Trinajstić information content (AvgIpc) is 2.35. The summed E-state index contributed by atoms with van der Waals surface area (Å²) in [5.41, 5.74) is 6.41. The Hall–Kier alpha value is -1.10. The number of ether oxygens (including phenoxy) is 1. The summed E-state index contributed by atoms with van der Waals surface area (Å²) in [5, 5.41) is 0.405. The van der Waals surface area contributed by atoms with Crippen molar-refractivity contribution in [3.05, 3.63) is 57.3 Å². The van der Waals surface area contributed by atoms with E-state index in [1.54, 1.807) is 37.3 Å². The van der Waals surface area contributed by atoms with E-state index >= 15 is 0 Å². The van der Waals surface area contributed by atoms with Crippen LogP contribution in [-0.2, 0) is 0 Å². The summed E-state index contributed by atoms with van der Waals surface area (Å²) >= 11 is 9.35. The first kappa shape index (κ1) is 14.3. The molecule has 0 amide bonds. The van der Waals surface area contributed by atoms with E-state index in [-0.39, 0.29) is 11.8 Å². The van der Waals surface area contributed by atoms with Crippen molar-refractivity contribution in [2.24, 2.45) is 5.73 Å². The molecule has 0 aliphatic heterocycles. The summed E-state index contributed by atoms with van der Waals surface area (Å²) in [6.07, 6.45) is 0. The largest absolute Gasteiger partial charge is 0.452 e. The maximum absolute atomic E-state index is 13.9. The minimum Gasteiger partial charge on any atom is -0.452 e. The van der Waals surface area contributed by atoms with Crippen LogP contribution in [-0.4, -0.2) is 0 Å². The van der Waals surface area contributed by atoms with Crippen molar-refractivity contribution in [2.45, 2.75) is 13.0 Å². The molecule has 0 fully saturated rings. The van der Waals surface area contributed by atoms with E-state index in [2.05, 4.69) is 15.9 Å². The van der Waals surface area contributed by atoms with Crippen molar-refractivity contribution in [3.8, 4) is 11.5 Å². The fourth-order valence-corrected chi connectivity index (χ4v) is 2.15. The van der Waals surface area contributed by atoms with E-state index in [9.17, 15) is 4.39 Å². The molecule has 2 N–H and O–H groups in total. The summed E-state index contributed by atoms with van der Waals surface area (Å²) < 4.78 is 20.3. The normalized spacial score (nSPS) is 12.3. The first-order valence-corrected chi connectivity index (χ1v) is 6.83. The summed E-state index contributed by atoms with van der Waals surface area (Å²) in [6, 6.07) is 9.46. The molecule has 1 atom stereocenters.